The number of esters is 1. The van der Waals surface area contributed by atoms with Gasteiger partial charge in [-0.05, 0) is 19.1 Å². The Labute approximate surface area is 121 Å². The quantitative estimate of drug-likeness (QED) is 0.505. The highest BCUT2D eigenvalue weighted by molar-refractivity contribution is 6.34. The van der Waals surface area contributed by atoms with Crippen LogP contribution in [0.3, 0.4) is 0 Å². The fourth-order valence-corrected chi connectivity index (χ4v) is 2.04. The molecular weight excluding hydrogens is 280 g/mol. The van der Waals surface area contributed by atoms with Crippen LogP contribution >= 0.6 is 11.6 Å². The molecule has 1 rings (SSSR count). The molecule has 0 aliphatic carbocycles. The zero-order valence-corrected chi connectivity index (χ0v) is 11.6. The topological polar surface area (TPSA) is 103 Å². The van der Waals surface area contributed by atoms with Crippen molar-refractivity contribution in [1.82, 2.24) is 0 Å². The molecule has 0 saturated heterocycles. The first-order valence-electron chi connectivity index (χ1n) is 5.80. The predicted molar refractivity (Wildman–Crippen MR) is 75.3 cm³/mol. The van der Waals surface area contributed by atoms with Crippen LogP contribution in [0.1, 0.15) is 17.3 Å². The van der Waals surface area contributed by atoms with Crippen LogP contribution in [0.15, 0.2) is 12.1 Å². The number of rotatable bonds is 5. The fraction of sp³-hybridized carbons (Fsp3) is 0.308. The second-order valence-corrected chi connectivity index (χ2v) is 4.20. The molecule has 1 aromatic carbocycles. The summed E-state index contributed by atoms with van der Waals surface area (Å²) in [6.45, 7) is 1.71. The third-order valence-corrected chi connectivity index (χ3v) is 2.71. The molecule has 0 fully saturated rings. The molecule has 6 nitrogen and oxygen atoms in total. The standard InChI is InChI=1S/C13H13ClN4O2/c1-2-20-13(19)10-7-9(17)8-11(14)12(10)18(5-3-15)6-4-16/h7-8H,2,5-6,17H2,1H3. The number of hydrogen-bond acceptors (Lipinski definition) is 6. The molecule has 0 heterocycles. The van der Waals surface area contributed by atoms with Crippen LogP contribution in [-0.4, -0.2) is 25.7 Å². The molecule has 0 aliphatic heterocycles. The van der Waals surface area contributed by atoms with Gasteiger partial charge in [0.15, 0.2) is 0 Å². The van der Waals surface area contributed by atoms with Crippen LogP contribution < -0.4 is 10.6 Å². The second kappa shape index (κ2) is 7.22. The van der Waals surface area contributed by atoms with Crippen LogP contribution in [0.25, 0.3) is 0 Å². The van der Waals surface area contributed by atoms with Gasteiger partial charge in [0.25, 0.3) is 0 Å². The minimum Gasteiger partial charge on any atom is -0.462 e. The van der Waals surface area contributed by atoms with Gasteiger partial charge < -0.3 is 15.4 Å². The van der Waals surface area contributed by atoms with Gasteiger partial charge >= 0.3 is 5.97 Å². The maximum absolute atomic E-state index is 12.0. The molecule has 7 heteroatoms. The monoisotopic (exact) mass is 292 g/mol. The fourth-order valence-electron chi connectivity index (χ4n) is 1.69. The van der Waals surface area contributed by atoms with Gasteiger partial charge in [-0.1, -0.05) is 11.6 Å². The van der Waals surface area contributed by atoms with Crippen LogP contribution in [0.2, 0.25) is 5.02 Å². The first-order valence-corrected chi connectivity index (χ1v) is 6.17. The molecule has 0 radical (unpaired) electrons. The van der Waals surface area contributed by atoms with Crippen molar-refractivity contribution in [3.05, 3.63) is 22.7 Å². The number of anilines is 2. The summed E-state index contributed by atoms with van der Waals surface area (Å²) in [5.74, 6) is -0.599. The molecule has 0 saturated carbocycles. The average Bonchev–Trinajstić information content (AvgIpc) is 2.38. The van der Waals surface area contributed by atoms with Gasteiger partial charge in [0.1, 0.15) is 13.1 Å². The van der Waals surface area contributed by atoms with E-state index in [-0.39, 0.29) is 36.0 Å². The van der Waals surface area contributed by atoms with Crippen molar-refractivity contribution in [2.45, 2.75) is 6.92 Å². The van der Waals surface area contributed by atoms with E-state index in [1.54, 1.807) is 6.92 Å². The number of nitriles is 2. The van der Waals surface area contributed by atoms with Crippen molar-refractivity contribution in [2.75, 3.05) is 30.3 Å². The summed E-state index contributed by atoms with van der Waals surface area (Å²) < 4.78 is 4.94. The molecule has 20 heavy (non-hydrogen) atoms. The maximum Gasteiger partial charge on any atom is 0.340 e. The molecule has 0 aliphatic rings. The third-order valence-electron chi connectivity index (χ3n) is 2.42. The van der Waals surface area contributed by atoms with E-state index in [9.17, 15) is 4.79 Å². The maximum atomic E-state index is 12.0. The van der Waals surface area contributed by atoms with Gasteiger partial charge in [-0.15, -0.1) is 0 Å². The molecule has 1 aromatic rings. The van der Waals surface area contributed by atoms with Crippen molar-refractivity contribution >= 4 is 28.9 Å². The highest BCUT2D eigenvalue weighted by atomic mass is 35.5. The van der Waals surface area contributed by atoms with Gasteiger partial charge in [-0.2, -0.15) is 10.5 Å². The minimum atomic E-state index is -0.599. The molecule has 0 amide bonds. The van der Waals surface area contributed by atoms with Crippen molar-refractivity contribution in [3.8, 4) is 12.1 Å². The van der Waals surface area contributed by atoms with Crippen LogP contribution in [-0.2, 0) is 4.74 Å². The Morgan fingerprint density at radius 1 is 1.40 bits per heavy atom. The van der Waals surface area contributed by atoms with Gasteiger partial charge in [0, 0.05) is 5.69 Å². The number of ether oxygens (including phenoxy) is 1. The van der Waals surface area contributed by atoms with Crippen molar-refractivity contribution in [3.63, 3.8) is 0 Å². The summed E-state index contributed by atoms with van der Waals surface area (Å²) in [7, 11) is 0. The first kappa shape index (κ1) is 15.6. The summed E-state index contributed by atoms with van der Waals surface area (Å²) in [4.78, 5) is 13.4. The third kappa shape index (κ3) is 3.53. The van der Waals surface area contributed by atoms with Crippen LogP contribution in [0, 0.1) is 22.7 Å². The van der Waals surface area contributed by atoms with Gasteiger partial charge in [-0.25, -0.2) is 4.79 Å². The number of nitrogens with zero attached hydrogens (tertiary/aromatic N) is 3. The molecule has 0 aromatic heterocycles. The van der Waals surface area contributed by atoms with E-state index in [1.165, 1.54) is 17.0 Å². The SMILES string of the molecule is CCOC(=O)c1cc(N)cc(Cl)c1N(CC#N)CC#N. The lowest BCUT2D eigenvalue weighted by molar-refractivity contribution is 0.0527. The smallest absolute Gasteiger partial charge is 0.340 e. The summed E-state index contributed by atoms with van der Waals surface area (Å²) >= 11 is 6.10. The van der Waals surface area contributed by atoms with E-state index in [4.69, 9.17) is 32.6 Å². The number of halogens is 1. The van der Waals surface area contributed by atoms with E-state index in [2.05, 4.69) is 0 Å². The van der Waals surface area contributed by atoms with Gasteiger partial charge in [0.2, 0.25) is 0 Å². The molecule has 0 unspecified atom stereocenters. The Kier molecular flexibility index (Phi) is 5.64. The normalized spacial score (nSPS) is 9.40. The number of benzene rings is 1. The summed E-state index contributed by atoms with van der Waals surface area (Å²) in [6.07, 6.45) is 0. The zero-order chi connectivity index (χ0) is 15.1. The summed E-state index contributed by atoms with van der Waals surface area (Å²) in [6, 6.07) is 6.73. The highest BCUT2D eigenvalue weighted by Gasteiger charge is 2.21. The van der Waals surface area contributed by atoms with Crippen molar-refractivity contribution in [2.24, 2.45) is 0 Å². The molecule has 0 atom stereocenters. The number of nitrogens with two attached hydrogens (primary N) is 1. The van der Waals surface area contributed by atoms with Crippen LogP contribution in [0.4, 0.5) is 11.4 Å². The highest BCUT2D eigenvalue weighted by Crippen LogP contribution is 2.33. The Hall–Kier alpha value is -2.44. The second-order valence-electron chi connectivity index (χ2n) is 3.79. The largest absolute Gasteiger partial charge is 0.462 e. The number of nitrogen functional groups attached to an aromatic ring is 1. The van der Waals surface area contributed by atoms with E-state index in [0.717, 1.165) is 0 Å². The van der Waals surface area contributed by atoms with Gasteiger partial charge in [-0.3, -0.25) is 0 Å². The summed E-state index contributed by atoms with van der Waals surface area (Å²) in [5.41, 5.74) is 6.39. The van der Waals surface area contributed by atoms with E-state index >= 15 is 0 Å². The Balaban J connectivity index is 3.39. The van der Waals surface area contributed by atoms with Crippen LogP contribution in [0.5, 0.6) is 0 Å². The average molecular weight is 293 g/mol. The van der Waals surface area contributed by atoms with E-state index in [1.807, 2.05) is 12.1 Å². The first-order chi connectivity index (χ1) is 9.54. The Morgan fingerprint density at radius 3 is 2.50 bits per heavy atom. The lowest BCUT2D eigenvalue weighted by Crippen LogP contribution is -2.26. The summed E-state index contributed by atoms with van der Waals surface area (Å²) in [5, 5.41) is 17.8. The number of hydrogen-bond donors (Lipinski definition) is 1. The molecule has 2 N–H and O–H groups in total. The number of carbonyl (C=O) groups is 1. The van der Waals surface area contributed by atoms with Crippen molar-refractivity contribution in [1.29, 1.82) is 10.5 Å². The predicted octanol–water partition coefficient (Wildman–Crippen LogP) is 1.95. The Bertz CT molecular complexity index is 573. The van der Waals surface area contributed by atoms with Crippen molar-refractivity contribution < 1.29 is 9.53 Å². The molecular formula is C13H13ClN4O2. The lowest BCUT2D eigenvalue weighted by atomic mass is 10.1. The van der Waals surface area contributed by atoms with E-state index < -0.39 is 5.97 Å². The van der Waals surface area contributed by atoms with E-state index in [0.29, 0.717) is 5.69 Å². The lowest BCUT2D eigenvalue weighted by Gasteiger charge is -2.22. The van der Waals surface area contributed by atoms with Gasteiger partial charge in [0.05, 0.1) is 35.0 Å². The minimum absolute atomic E-state index is 0.0798. The Morgan fingerprint density at radius 2 is 2.00 bits per heavy atom. The molecule has 104 valence electrons. The number of carbonyl (C=O) groups excluding carboxylic acids is 1. The molecule has 0 spiro atoms. The zero-order valence-electron chi connectivity index (χ0n) is 10.9. The molecule has 0 bridgehead atoms.